The lowest BCUT2D eigenvalue weighted by atomic mass is 10.1. The Morgan fingerprint density at radius 1 is 1.09 bits per heavy atom. The second-order valence-corrected chi connectivity index (χ2v) is 5.04. The van der Waals surface area contributed by atoms with E-state index < -0.39 is 6.10 Å². The quantitative estimate of drug-likeness (QED) is 0.787. The van der Waals surface area contributed by atoms with Crippen molar-refractivity contribution >= 4 is 0 Å². The molecule has 1 atom stereocenters. The van der Waals surface area contributed by atoms with Crippen molar-refractivity contribution < 1.29 is 9.84 Å². The van der Waals surface area contributed by atoms with Gasteiger partial charge in [-0.1, -0.05) is 48.5 Å². The first-order chi connectivity index (χ1) is 10.8. The number of hydrogen-bond acceptors (Lipinski definition) is 3. The van der Waals surface area contributed by atoms with E-state index in [4.69, 9.17) is 4.74 Å². The van der Waals surface area contributed by atoms with E-state index in [1.54, 1.807) is 13.3 Å². The van der Waals surface area contributed by atoms with Crippen LogP contribution in [0.2, 0.25) is 0 Å². The third kappa shape index (κ3) is 2.87. The predicted molar refractivity (Wildman–Crippen MR) is 84.8 cm³/mol. The topological polar surface area (TPSA) is 47.3 Å². The van der Waals surface area contributed by atoms with Crippen molar-refractivity contribution in [2.45, 2.75) is 12.6 Å². The highest BCUT2D eigenvalue weighted by atomic mass is 16.5. The Hall–Kier alpha value is -2.59. The standard InChI is InChI=1S/C18H18N2O2/c1-22-16-10-6-5-9-15(16)17(21)18-19-11-12-20(18)13-14-7-3-2-4-8-14/h2-12,17,21H,13H2,1H3/t17-/m0/s1. The molecule has 22 heavy (non-hydrogen) atoms. The van der Waals surface area contributed by atoms with Gasteiger partial charge in [0.05, 0.1) is 7.11 Å². The van der Waals surface area contributed by atoms with Crippen LogP contribution in [0.15, 0.2) is 67.0 Å². The maximum Gasteiger partial charge on any atom is 0.142 e. The summed E-state index contributed by atoms with van der Waals surface area (Å²) in [5, 5.41) is 10.7. The number of aliphatic hydroxyl groups is 1. The zero-order valence-corrected chi connectivity index (χ0v) is 12.4. The largest absolute Gasteiger partial charge is 0.496 e. The van der Waals surface area contributed by atoms with Crippen LogP contribution in [-0.4, -0.2) is 21.8 Å². The lowest BCUT2D eigenvalue weighted by Crippen LogP contribution is -2.11. The molecule has 0 saturated carbocycles. The molecule has 112 valence electrons. The Morgan fingerprint density at radius 2 is 1.82 bits per heavy atom. The van der Waals surface area contributed by atoms with Crippen LogP contribution in [-0.2, 0) is 6.54 Å². The summed E-state index contributed by atoms with van der Waals surface area (Å²) >= 11 is 0. The first-order valence-electron chi connectivity index (χ1n) is 7.15. The van der Waals surface area contributed by atoms with E-state index in [9.17, 15) is 5.11 Å². The number of rotatable bonds is 5. The van der Waals surface area contributed by atoms with E-state index >= 15 is 0 Å². The van der Waals surface area contributed by atoms with Crippen molar-refractivity contribution in [1.29, 1.82) is 0 Å². The fraction of sp³-hybridized carbons (Fsp3) is 0.167. The molecule has 0 aliphatic heterocycles. The van der Waals surface area contributed by atoms with Crippen LogP contribution < -0.4 is 4.74 Å². The molecule has 0 bridgehead atoms. The van der Waals surface area contributed by atoms with Gasteiger partial charge in [-0.3, -0.25) is 0 Å². The van der Waals surface area contributed by atoms with Gasteiger partial charge >= 0.3 is 0 Å². The van der Waals surface area contributed by atoms with Crippen molar-refractivity contribution in [3.8, 4) is 5.75 Å². The van der Waals surface area contributed by atoms with E-state index in [2.05, 4.69) is 17.1 Å². The molecule has 0 amide bonds. The molecule has 0 fully saturated rings. The Balaban J connectivity index is 1.91. The van der Waals surface area contributed by atoms with E-state index in [1.807, 2.05) is 53.2 Å². The second kappa shape index (κ2) is 6.45. The fourth-order valence-corrected chi connectivity index (χ4v) is 2.51. The first kappa shape index (κ1) is 14.4. The third-order valence-corrected chi connectivity index (χ3v) is 3.62. The Bertz CT molecular complexity index is 738. The summed E-state index contributed by atoms with van der Waals surface area (Å²) in [5.74, 6) is 1.26. The molecule has 2 aromatic carbocycles. The average Bonchev–Trinajstić information content (AvgIpc) is 3.03. The van der Waals surface area contributed by atoms with E-state index in [-0.39, 0.29) is 0 Å². The van der Waals surface area contributed by atoms with Crippen LogP contribution in [0.25, 0.3) is 0 Å². The van der Waals surface area contributed by atoms with Crippen molar-refractivity contribution in [2.24, 2.45) is 0 Å². The molecule has 4 nitrogen and oxygen atoms in total. The molecule has 0 spiro atoms. The third-order valence-electron chi connectivity index (χ3n) is 3.62. The summed E-state index contributed by atoms with van der Waals surface area (Å²) in [4.78, 5) is 4.32. The minimum absolute atomic E-state index is 0.605. The monoisotopic (exact) mass is 294 g/mol. The number of nitrogens with zero attached hydrogens (tertiary/aromatic N) is 2. The zero-order chi connectivity index (χ0) is 15.4. The van der Waals surface area contributed by atoms with Gasteiger partial charge in [-0.2, -0.15) is 0 Å². The summed E-state index contributed by atoms with van der Waals surface area (Å²) < 4.78 is 7.28. The van der Waals surface area contributed by atoms with Gasteiger partial charge in [-0.05, 0) is 11.6 Å². The van der Waals surface area contributed by atoms with Gasteiger partial charge in [-0.15, -0.1) is 0 Å². The van der Waals surface area contributed by atoms with Gasteiger partial charge in [0.1, 0.15) is 17.7 Å². The minimum atomic E-state index is -0.824. The van der Waals surface area contributed by atoms with Gasteiger partial charge in [0, 0.05) is 24.5 Å². The number of benzene rings is 2. The first-order valence-corrected chi connectivity index (χ1v) is 7.15. The van der Waals surface area contributed by atoms with E-state index in [0.717, 1.165) is 5.56 Å². The minimum Gasteiger partial charge on any atom is -0.496 e. The van der Waals surface area contributed by atoms with Crippen molar-refractivity contribution in [2.75, 3.05) is 7.11 Å². The molecule has 0 aliphatic rings. The van der Waals surface area contributed by atoms with Gasteiger partial charge in [0.15, 0.2) is 0 Å². The molecule has 3 aromatic rings. The smallest absolute Gasteiger partial charge is 0.142 e. The van der Waals surface area contributed by atoms with Crippen molar-refractivity contribution in [1.82, 2.24) is 9.55 Å². The fourth-order valence-electron chi connectivity index (χ4n) is 2.51. The molecular weight excluding hydrogens is 276 g/mol. The van der Waals surface area contributed by atoms with Crippen LogP contribution >= 0.6 is 0 Å². The van der Waals surface area contributed by atoms with Crippen molar-refractivity contribution in [3.63, 3.8) is 0 Å². The average molecular weight is 294 g/mol. The van der Waals surface area contributed by atoms with Crippen LogP contribution in [0.4, 0.5) is 0 Å². The molecule has 0 radical (unpaired) electrons. The number of hydrogen-bond donors (Lipinski definition) is 1. The molecule has 1 N–H and O–H groups in total. The van der Waals surface area contributed by atoms with Gasteiger partial charge in [0.25, 0.3) is 0 Å². The molecular formula is C18H18N2O2. The maximum absolute atomic E-state index is 10.7. The van der Waals surface area contributed by atoms with Crippen molar-refractivity contribution in [3.05, 3.63) is 83.9 Å². The maximum atomic E-state index is 10.7. The number of methoxy groups -OCH3 is 1. The van der Waals surface area contributed by atoms with Gasteiger partial charge in [0.2, 0.25) is 0 Å². The Morgan fingerprint density at radius 3 is 2.59 bits per heavy atom. The summed E-state index contributed by atoms with van der Waals surface area (Å²) in [6, 6.07) is 17.6. The predicted octanol–water partition coefficient (Wildman–Crippen LogP) is 3.02. The van der Waals surface area contributed by atoms with Crippen LogP contribution in [0.3, 0.4) is 0 Å². The van der Waals surface area contributed by atoms with E-state index in [1.165, 1.54) is 0 Å². The number of para-hydroxylation sites is 1. The highest BCUT2D eigenvalue weighted by molar-refractivity contribution is 5.37. The summed E-state index contributed by atoms with van der Waals surface area (Å²) in [7, 11) is 1.60. The second-order valence-electron chi connectivity index (χ2n) is 5.04. The van der Waals surface area contributed by atoms with E-state index in [0.29, 0.717) is 23.7 Å². The lowest BCUT2D eigenvalue weighted by Gasteiger charge is -2.16. The van der Waals surface area contributed by atoms with Gasteiger partial charge in [-0.25, -0.2) is 4.98 Å². The molecule has 1 aromatic heterocycles. The van der Waals surface area contributed by atoms with Gasteiger partial charge < -0.3 is 14.4 Å². The summed E-state index contributed by atoms with van der Waals surface area (Å²) in [6.45, 7) is 0.669. The Kier molecular flexibility index (Phi) is 4.21. The highest BCUT2D eigenvalue weighted by Crippen LogP contribution is 2.29. The number of imidazole rings is 1. The normalized spacial score (nSPS) is 12.1. The van der Waals surface area contributed by atoms with Crippen LogP contribution in [0.1, 0.15) is 23.1 Å². The molecule has 4 heteroatoms. The van der Waals surface area contributed by atoms with Crippen LogP contribution in [0.5, 0.6) is 5.75 Å². The SMILES string of the molecule is COc1ccccc1[C@H](O)c1nccn1Cc1ccccc1. The summed E-state index contributed by atoms with van der Waals surface area (Å²) in [6.07, 6.45) is 2.76. The summed E-state index contributed by atoms with van der Waals surface area (Å²) in [5.41, 5.74) is 1.87. The van der Waals surface area contributed by atoms with Crippen LogP contribution in [0, 0.1) is 0 Å². The molecule has 0 aliphatic carbocycles. The zero-order valence-electron chi connectivity index (χ0n) is 12.4. The molecule has 1 heterocycles. The highest BCUT2D eigenvalue weighted by Gasteiger charge is 2.19. The molecule has 3 rings (SSSR count). The number of aromatic nitrogens is 2. The number of ether oxygens (including phenoxy) is 1. The number of aliphatic hydroxyl groups excluding tert-OH is 1. The molecule has 0 saturated heterocycles. The lowest BCUT2D eigenvalue weighted by molar-refractivity contribution is 0.200. The Labute approximate surface area is 129 Å². The molecule has 0 unspecified atom stereocenters.